The Hall–Kier alpha value is -2.79. The third kappa shape index (κ3) is 3.67. The minimum Gasteiger partial charge on any atom is -0.496 e. The summed E-state index contributed by atoms with van der Waals surface area (Å²) in [6.07, 6.45) is 3.21. The summed E-state index contributed by atoms with van der Waals surface area (Å²) in [4.78, 5) is 16.9. The van der Waals surface area contributed by atoms with Crippen LogP contribution in [0.2, 0.25) is 5.02 Å². The SMILES string of the molecule is COc1ccccc1CNc1nccn(-c2ccc(C)c(Cl)c2)c1=O. The van der Waals surface area contributed by atoms with E-state index in [1.165, 1.54) is 4.57 Å². The molecule has 0 fully saturated rings. The first-order valence-corrected chi connectivity index (χ1v) is 8.18. The van der Waals surface area contributed by atoms with Gasteiger partial charge in [-0.2, -0.15) is 0 Å². The van der Waals surface area contributed by atoms with E-state index in [-0.39, 0.29) is 11.4 Å². The van der Waals surface area contributed by atoms with Gasteiger partial charge in [0.25, 0.3) is 5.56 Å². The number of anilines is 1. The summed E-state index contributed by atoms with van der Waals surface area (Å²) in [6.45, 7) is 2.35. The molecule has 5 nitrogen and oxygen atoms in total. The number of rotatable bonds is 5. The number of ether oxygens (including phenoxy) is 1. The molecule has 0 bridgehead atoms. The first kappa shape index (κ1) is 17.0. The van der Waals surface area contributed by atoms with Crippen molar-refractivity contribution in [3.63, 3.8) is 0 Å². The van der Waals surface area contributed by atoms with Gasteiger partial charge in [-0.25, -0.2) is 4.98 Å². The molecule has 0 amide bonds. The van der Waals surface area contributed by atoms with Crippen molar-refractivity contribution in [1.29, 1.82) is 0 Å². The largest absolute Gasteiger partial charge is 0.496 e. The highest BCUT2D eigenvalue weighted by Crippen LogP contribution is 2.19. The second-order valence-corrected chi connectivity index (χ2v) is 5.96. The number of hydrogen-bond donors (Lipinski definition) is 1. The predicted molar refractivity (Wildman–Crippen MR) is 99.9 cm³/mol. The number of methoxy groups -OCH3 is 1. The van der Waals surface area contributed by atoms with Crippen LogP contribution in [0.15, 0.2) is 59.7 Å². The molecule has 0 aliphatic heterocycles. The van der Waals surface area contributed by atoms with Crippen LogP contribution in [0.3, 0.4) is 0 Å². The Bertz CT molecular complexity index is 953. The first-order valence-electron chi connectivity index (χ1n) is 7.80. The highest BCUT2D eigenvalue weighted by Gasteiger charge is 2.09. The molecule has 128 valence electrons. The van der Waals surface area contributed by atoms with Crippen molar-refractivity contribution in [2.75, 3.05) is 12.4 Å². The average molecular weight is 356 g/mol. The Labute approximate surface area is 150 Å². The van der Waals surface area contributed by atoms with Crippen molar-refractivity contribution in [2.45, 2.75) is 13.5 Å². The van der Waals surface area contributed by atoms with E-state index in [1.807, 2.05) is 43.3 Å². The second-order valence-electron chi connectivity index (χ2n) is 5.55. The van der Waals surface area contributed by atoms with Crippen LogP contribution < -0.4 is 15.6 Å². The maximum absolute atomic E-state index is 12.7. The molecule has 1 heterocycles. The zero-order valence-corrected chi connectivity index (χ0v) is 14.7. The van der Waals surface area contributed by atoms with E-state index in [2.05, 4.69) is 10.3 Å². The average Bonchev–Trinajstić information content (AvgIpc) is 2.63. The normalized spacial score (nSPS) is 10.5. The molecular weight excluding hydrogens is 338 g/mol. The first-order chi connectivity index (χ1) is 12.1. The molecule has 0 unspecified atom stereocenters. The number of halogens is 1. The quantitative estimate of drug-likeness (QED) is 0.756. The lowest BCUT2D eigenvalue weighted by atomic mass is 10.2. The number of aromatic nitrogens is 2. The summed E-state index contributed by atoms with van der Waals surface area (Å²) in [5, 5.41) is 3.70. The Morgan fingerprint density at radius 3 is 2.80 bits per heavy atom. The fraction of sp³-hybridized carbons (Fsp3) is 0.158. The lowest BCUT2D eigenvalue weighted by molar-refractivity contribution is 0.410. The number of benzene rings is 2. The maximum atomic E-state index is 12.7. The molecule has 0 radical (unpaired) electrons. The van der Waals surface area contributed by atoms with Crippen LogP contribution in [0.1, 0.15) is 11.1 Å². The molecule has 0 saturated heterocycles. The van der Waals surface area contributed by atoms with Gasteiger partial charge in [0.15, 0.2) is 5.82 Å². The van der Waals surface area contributed by atoms with Crippen LogP contribution in [0.5, 0.6) is 5.75 Å². The van der Waals surface area contributed by atoms with Crippen LogP contribution in [-0.4, -0.2) is 16.7 Å². The van der Waals surface area contributed by atoms with Crippen molar-refractivity contribution in [2.24, 2.45) is 0 Å². The Balaban J connectivity index is 1.89. The number of nitrogens with zero attached hydrogens (tertiary/aromatic N) is 2. The van der Waals surface area contributed by atoms with Crippen LogP contribution in [0.25, 0.3) is 5.69 Å². The molecule has 3 rings (SSSR count). The van der Waals surface area contributed by atoms with E-state index in [1.54, 1.807) is 25.6 Å². The van der Waals surface area contributed by atoms with Gasteiger partial charge < -0.3 is 10.1 Å². The zero-order chi connectivity index (χ0) is 17.8. The van der Waals surface area contributed by atoms with E-state index in [9.17, 15) is 4.79 Å². The minimum absolute atomic E-state index is 0.239. The summed E-state index contributed by atoms with van der Waals surface area (Å²) >= 11 is 6.17. The lowest BCUT2D eigenvalue weighted by Crippen LogP contribution is -2.23. The Morgan fingerprint density at radius 2 is 2.04 bits per heavy atom. The van der Waals surface area contributed by atoms with Crippen LogP contribution in [0, 0.1) is 6.92 Å². The third-order valence-corrected chi connectivity index (χ3v) is 4.32. The third-order valence-electron chi connectivity index (χ3n) is 3.91. The molecule has 25 heavy (non-hydrogen) atoms. The van der Waals surface area contributed by atoms with E-state index in [4.69, 9.17) is 16.3 Å². The van der Waals surface area contributed by atoms with Gasteiger partial charge in [-0.1, -0.05) is 35.9 Å². The minimum atomic E-state index is -0.239. The molecular formula is C19H18ClN3O2. The van der Waals surface area contributed by atoms with Gasteiger partial charge in [-0.3, -0.25) is 9.36 Å². The van der Waals surface area contributed by atoms with Crippen molar-refractivity contribution >= 4 is 17.4 Å². The smallest absolute Gasteiger partial charge is 0.297 e. The van der Waals surface area contributed by atoms with Gasteiger partial charge in [0.2, 0.25) is 0 Å². The standard InChI is InChI=1S/C19H18ClN3O2/c1-13-7-8-15(11-16(13)20)23-10-9-21-18(19(23)24)22-12-14-5-3-4-6-17(14)25-2/h3-11H,12H2,1-2H3,(H,21,22). The van der Waals surface area contributed by atoms with E-state index < -0.39 is 0 Å². The fourth-order valence-electron chi connectivity index (χ4n) is 2.50. The van der Waals surface area contributed by atoms with Crippen LogP contribution in [0.4, 0.5) is 5.82 Å². The van der Waals surface area contributed by atoms with Gasteiger partial charge in [-0.05, 0) is 30.7 Å². The summed E-state index contributed by atoms with van der Waals surface area (Å²) in [6, 6.07) is 13.1. The molecule has 0 saturated carbocycles. The summed E-state index contributed by atoms with van der Waals surface area (Å²) in [5.74, 6) is 1.03. The number of para-hydroxylation sites is 1. The molecule has 3 aromatic rings. The number of nitrogens with one attached hydrogen (secondary N) is 1. The van der Waals surface area contributed by atoms with E-state index >= 15 is 0 Å². The maximum Gasteiger partial charge on any atom is 0.297 e. The van der Waals surface area contributed by atoms with E-state index in [0.29, 0.717) is 17.3 Å². The highest BCUT2D eigenvalue weighted by molar-refractivity contribution is 6.31. The monoisotopic (exact) mass is 355 g/mol. The van der Waals surface area contributed by atoms with Crippen LogP contribution >= 0.6 is 11.6 Å². The fourth-order valence-corrected chi connectivity index (χ4v) is 2.67. The Kier molecular flexibility index (Phi) is 5.05. The number of aryl methyl sites for hydroxylation is 1. The van der Waals surface area contributed by atoms with Crippen LogP contribution in [-0.2, 0) is 6.54 Å². The van der Waals surface area contributed by atoms with Gasteiger partial charge in [0.05, 0.1) is 12.8 Å². The van der Waals surface area contributed by atoms with Gasteiger partial charge >= 0.3 is 0 Å². The predicted octanol–water partition coefficient (Wildman–Crippen LogP) is 3.82. The highest BCUT2D eigenvalue weighted by atomic mass is 35.5. The summed E-state index contributed by atoms with van der Waals surface area (Å²) in [7, 11) is 1.62. The second kappa shape index (κ2) is 7.40. The Morgan fingerprint density at radius 1 is 1.24 bits per heavy atom. The van der Waals surface area contributed by atoms with Crippen molar-refractivity contribution < 1.29 is 4.74 Å². The molecule has 0 aliphatic carbocycles. The van der Waals surface area contributed by atoms with Gasteiger partial charge in [0.1, 0.15) is 5.75 Å². The molecule has 1 N–H and O–H groups in total. The molecule has 1 aromatic heterocycles. The lowest BCUT2D eigenvalue weighted by Gasteiger charge is -2.11. The topological polar surface area (TPSA) is 56.1 Å². The van der Waals surface area contributed by atoms with E-state index in [0.717, 1.165) is 16.9 Å². The summed E-state index contributed by atoms with van der Waals surface area (Å²) < 4.78 is 6.84. The molecule has 0 atom stereocenters. The van der Waals surface area contributed by atoms with Crippen molar-refractivity contribution in [3.05, 3.63) is 81.4 Å². The molecule has 0 aliphatic rings. The zero-order valence-electron chi connectivity index (χ0n) is 14.0. The molecule has 2 aromatic carbocycles. The van der Waals surface area contributed by atoms with Gasteiger partial charge in [-0.15, -0.1) is 0 Å². The molecule has 0 spiro atoms. The van der Waals surface area contributed by atoms with Crippen molar-refractivity contribution in [1.82, 2.24) is 9.55 Å². The summed E-state index contributed by atoms with van der Waals surface area (Å²) in [5.41, 5.74) is 2.36. The van der Waals surface area contributed by atoms with Gasteiger partial charge in [0, 0.05) is 29.5 Å². The number of hydrogen-bond acceptors (Lipinski definition) is 4. The molecule has 6 heteroatoms. The van der Waals surface area contributed by atoms with Crippen molar-refractivity contribution in [3.8, 4) is 11.4 Å².